The van der Waals surface area contributed by atoms with Crippen LogP contribution in [0.2, 0.25) is 0 Å². The van der Waals surface area contributed by atoms with Gasteiger partial charge in [-0.3, -0.25) is 14.5 Å². The Morgan fingerprint density at radius 1 is 1.07 bits per heavy atom. The predicted molar refractivity (Wildman–Crippen MR) is 177 cm³/mol. The van der Waals surface area contributed by atoms with Crippen molar-refractivity contribution in [3.05, 3.63) is 65.0 Å². The minimum Gasteiger partial charge on any atom is -0.490 e. The van der Waals surface area contributed by atoms with E-state index >= 15 is 4.39 Å². The molecule has 3 fully saturated rings. The number of benzene rings is 2. The van der Waals surface area contributed by atoms with Gasteiger partial charge in [-0.2, -0.15) is 0 Å². The maximum Gasteiger partial charge on any atom is 0.265 e. The molecule has 3 atom stereocenters. The highest BCUT2D eigenvalue weighted by molar-refractivity contribution is 7.90. The fourth-order valence-electron chi connectivity index (χ4n) is 7.79. The molecular formula is C36H46FN3O5S. The Labute approximate surface area is 272 Å². The molecule has 0 unspecified atom stereocenters. The summed E-state index contributed by atoms with van der Waals surface area (Å²) in [4.78, 5) is 29.0. The number of amides is 2. The number of rotatable bonds is 10. The molecule has 1 saturated heterocycles. The second kappa shape index (κ2) is 13.1. The topological polar surface area (TPSA) is 105 Å². The number of ether oxygens (including phenoxy) is 1. The van der Waals surface area contributed by atoms with Crippen molar-refractivity contribution < 1.29 is 27.1 Å². The van der Waals surface area contributed by atoms with E-state index < -0.39 is 15.9 Å². The van der Waals surface area contributed by atoms with Gasteiger partial charge < -0.3 is 10.1 Å². The van der Waals surface area contributed by atoms with Gasteiger partial charge in [-0.05, 0) is 99.1 Å². The normalized spacial score (nSPS) is 24.8. The Morgan fingerprint density at radius 2 is 1.85 bits per heavy atom. The fourth-order valence-corrected chi connectivity index (χ4v) is 9.00. The Morgan fingerprint density at radius 3 is 2.52 bits per heavy atom. The number of hydrogen-bond donors (Lipinski definition) is 2. The van der Waals surface area contributed by atoms with Crippen LogP contribution >= 0.6 is 0 Å². The summed E-state index contributed by atoms with van der Waals surface area (Å²) in [6, 6.07) is 9.67. The highest BCUT2D eigenvalue weighted by atomic mass is 32.2. The summed E-state index contributed by atoms with van der Waals surface area (Å²) in [6.45, 7) is 5.23. The monoisotopic (exact) mass is 651 g/mol. The lowest BCUT2D eigenvalue weighted by Crippen LogP contribution is -2.45. The highest BCUT2D eigenvalue weighted by Crippen LogP contribution is 2.46. The molecular weight excluding hydrogens is 605 g/mol. The first-order chi connectivity index (χ1) is 21.9. The quantitative estimate of drug-likeness (QED) is 0.302. The van der Waals surface area contributed by atoms with E-state index in [1.807, 2.05) is 13.1 Å². The second-order valence-corrected chi connectivity index (χ2v) is 16.2. The lowest BCUT2D eigenvalue weighted by Gasteiger charge is -2.29. The average Bonchev–Trinajstić information content (AvgIpc) is 3.68. The standard InChI is InChI=1S/C36H46FN3O5S/c1-36(2)20-30(40(3)22-36)35(42)38-25-17-18-26(19-25)45-31-16-8-14-28(34(41)39-46(43,44)21-23-9-4-5-10-23)33(31)27-13-7-15-29(37)32(27)24-11-6-12-24/h7-9,13-16,24-26,30H,4-6,10-12,17-22H2,1-3H3,(H,38,42)(H,39,41)/t25-,26-,30+/m1/s1. The molecule has 1 aliphatic heterocycles. The minimum atomic E-state index is -3.94. The summed E-state index contributed by atoms with van der Waals surface area (Å²) in [5, 5.41) is 3.24. The van der Waals surface area contributed by atoms with Crippen LogP contribution in [0.3, 0.4) is 0 Å². The molecule has 4 aliphatic rings. The molecule has 46 heavy (non-hydrogen) atoms. The number of carbonyl (C=O) groups is 2. The molecule has 0 aromatic heterocycles. The van der Waals surface area contributed by atoms with Crippen molar-refractivity contribution in [2.45, 2.75) is 102 Å². The zero-order valence-electron chi connectivity index (χ0n) is 27.1. The SMILES string of the molecule is CN1CC(C)(C)C[C@H]1C(=O)N[C@@H]1CC[C@@H](Oc2cccc(C(=O)NS(=O)(=O)CC3=CCCC3)c2-c2cccc(F)c2C2CCC2)C1. The van der Waals surface area contributed by atoms with Crippen LogP contribution in [0, 0.1) is 11.2 Å². The van der Waals surface area contributed by atoms with Gasteiger partial charge in [-0.15, -0.1) is 0 Å². The number of hydrogen-bond acceptors (Lipinski definition) is 6. The summed E-state index contributed by atoms with van der Waals surface area (Å²) in [5.74, 6) is -0.860. The van der Waals surface area contributed by atoms with Crippen LogP contribution in [0.4, 0.5) is 4.39 Å². The first-order valence-electron chi connectivity index (χ1n) is 16.7. The van der Waals surface area contributed by atoms with Crippen LogP contribution in [-0.2, 0) is 14.8 Å². The zero-order chi connectivity index (χ0) is 32.6. The molecule has 1 heterocycles. The lowest BCUT2D eigenvalue weighted by atomic mass is 9.76. The molecule has 3 aliphatic carbocycles. The van der Waals surface area contributed by atoms with Crippen LogP contribution in [0.1, 0.15) is 99.9 Å². The van der Waals surface area contributed by atoms with Gasteiger partial charge in [0.15, 0.2) is 0 Å². The van der Waals surface area contributed by atoms with Gasteiger partial charge >= 0.3 is 0 Å². The number of likely N-dealkylation sites (tertiary alicyclic amines) is 1. The van der Waals surface area contributed by atoms with Crippen LogP contribution < -0.4 is 14.8 Å². The third kappa shape index (κ3) is 7.18. The van der Waals surface area contributed by atoms with Gasteiger partial charge in [-0.25, -0.2) is 17.5 Å². The first-order valence-corrected chi connectivity index (χ1v) is 18.4. The van der Waals surface area contributed by atoms with Crippen molar-refractivity contribution in [2.75, 3.05) is 19.3 Å². The van der Waals surface area contributed by atoms with Crippen LogP contribution in [0.25, 0.3) is 11.1 Å². The Balaban J connectivity index is 1.26. The van der Waals surface area contributed by atoms with E-state index in [-0.39, 0.29) is 52.6 Å². The minimum absolute atomic E-state index is 0.0166. The zero-order valence-corrected chi connectivity index (χ0v) is 27.9. The largest absolute Gasteiger partial charge is 0.490 e. The first kappa shape index (κ1) is 32.7. The number of likely N-dealkylation sites (N-methyl/N-ethyl adjacent to an activating group) is 1. The Bertz CT molecular complexity index is 1630. The molecule has 2 amide bonds. The second-order valence-electron chi connectivity index (χ2n) is 14.5. The molecule has 0 bridgehead atoms. The molecule has 2 N–H and O–H groups in total. The molecule has 0 spiro atoms. The third-order valence-corrected chi connectivity index (χ3v) is 11.4. The van der Waals surface area contributed by atoms with E-state index in [0.29, 0.717) is 41.7 Å². The van der Waals surface area contributed by atoms with Gasteiger partial charge in [0.25, 0.3) is 5.91 Å². The Hall–Kier alpha value is -3.24. The number of nitrogens with one attached hydrogen (secondary N) is 2. The van der Waals surface area contributed by atoms with Crippen molar-refractivity contribution in [1.29, 1.82) is 0 Å². The van der Waals surface area contributed by atoms with E-state index in [9.17, 15) is 18.0 Å². The molecule has 2 aromatic carbocycles. The highest BCUT2D eigenvalue weighted by Gasteiger charge is 2.40. The Kier molecular flexibility index (Phi) is 9.31. The van der Waals surface area contributed by atoms with Crippen molar-refractivity contribution in [3.8, 4) is 16.9 Å². The molecule has 248 valence electrons. The smallest absolute Gasteiger partial charge is 0.265 e. The lowest BCUT2D eigenvalue weighted by molar-refractivity contribution is -0.125. The van der Waals surface area contributed by atoms with E-state index in [2.05, 4.69) is 28.8 Å². The summed E-state index contributed by atoms with van der Waals surface area (Å²) in [7, 11) is -1.95. The van der Waals surface area contributed by atoms with Crippen LogP contribution in [0.15, 0.2) is 48.0 Å². The van der Waals surface area contributed by atoms with E-state index in [0.717, 1.165) is 57.1 Å². The van der Waals surface area contributed by atoms with Crippen molar-refractivity contribution in [1.82, 2.24) is 14.9 Å². The number of sulfonamides is 1. The fraction of sp³-hybridized carbons (Fsp3) is 0.556. The summed E-state index contributed by atoms with van der Waals surface area (Å²) >= 11 is 0. The van der Waals surface area contributed by atoms with Crippen molar-refractivity contribution in [2.24, 2.45) is 5.41 Å². The molecule has 8 nitrogen and oxygen atoms in total. The number of carbonyl (C=O) groups excluding carboxylic acids is 2. The van der Waals surface area contributed by atoms with E-state index in [1.165, 1.54) is 6.07 Å². The van der Waals surface area contributed by atoms with E-state index in [1.54, 1.807) is 30.3 Å². The van der Waals surface area contributed by atoms with Gasteiger partial charge in [-0.1, -0.05) is 50.1 Å². The number of nitrogens with zero attached hydrogens (tertiary/aromatic N) is 1. The van der Waals surface area contributed by atoms with Gasteiger partial charge in [0.05, 0.1) is 17.4 Å². The molecule has 0 radical (unpaired) electrons. The summed E-state index contributed by atoms with van der Waals surface area (Å²) in [5.41, 5.74) is 2.52. The average molecular weight is 652 g/mol. The van der Waals surface area contributed by atoms with E-state index in [4.69, 9.17) is 4.74 Å². The molecule has 2 aromatic rings. The third-order valence-electron chi connectivity index (χ3n) is 10.1. The number of allylic oxidation sites excluding steroid dienone is 1. The predicted octanol–water partition coefficient (Wildman–Crippen LogP) is 6.08. The molecule has 10 heteroatoms. The van der Waals surface area contributed by atoms with Gasteiger partial charge in [0.2, 0.25) is 15.9 Å². The van der Waals surface area contributed by atoms with Crippen molar-refractivity contribution >= 4 is 21.8 Å². The van der Waals surface area contributed by atoms with Crippen molar-refractivity contribution in [3.63, 3.8) is 0 Å². The molecule has 6 rings (SSSR count). The van der Waals surface area contributed by atoms with Gasteiger partial charge in [0, 0.05) is 24.6 Å². The number of halogens is 1. The summed E-state index contributed by atoms with van der Waals surface area (Å²) < 4.78 is 50.4. The van der Waals surface area contributed by atoms with Crippen LogP contribution in [-0.4, -0.2) is 62.7 Å². The van der Waals surface area contributed by atoms with Gasteiger partial charge in [0.1, 0.15) is 17.7 Å². The van der Waals surface area contributed by atoms with Crippen LogP contribution in [0.5, 0.6) is 5.75 Å². The maximum atomic E-state index is 15.5. The summed E-state index contributed by atoms with van der Waals surface area (Å²) in [6.07, 6.45) is 9.71. The maximum absolute atomic E-state index is 15.5. The molecule has 2 saturated carbocycles.